The minimum atomic E-state index is -0.0888. The van der Waals surface area contributed by atoms with E-state index in [0.717, 1.165) is 25.6 Å². The van der Waals surface area contributed by atoms with Gasteiger partial charge in [0, 0.05) is 12.5 Å². The lowest BCUT2D eigenvalue weighted by atomic mass is 9.88. The Morgan fingerprint density at radius 2 is 2.14 bits per heavy atom. The minimum Gasteiger partial charge on any atom is -0.392 e. The van der Waals surface area contributed by atoms with Crippen LogP contribution in [0.3, 0.4) is 0 Å². The number of rotatable bonds is 3. The van der Waals surface area contributed by atoms with Crippen molar-refractivity contribution < 1.29 is 9.84 Å². The molecule has 0 spiro atoms. The van der Waals surface area contributed by atoms with Crippen molar-refractivity contribution >= 4 is 0 Å². The van der Waals surface area contributed by atoms with E-state index in [0.29, 0.717) is 11.8 Å². The van der Waals surface area contributed by atoms with Crippen LogP contribution >= 0.6 is 0 Å². The summed E-state index contributed by atoms with van der Waals surface area (Å²) in [5, 5.41) is 10.2. The molecule has 4 atom stereocenters. The molecule has 2 fully saturated rings. The van der Waals surface area contributed by atoms with Gasteiger partial charge in [-0.1, -0.05) is 19.8 Å². The number of hydrogen-bond acceptors (Lipinski definition) is 2. The summed E-state index contributed by atoms with van der Waals surface area (Å²) in [5.41, 5.74) is 0. The second kappa shape index (κ2) is 4.63. The van der Waals surface area contributed by atoms with Crippen LogP contribution in [0.4, 0.5) is 0 Å². The van der Waals surface area contributed by atoms with Crippen LogP contribution in [0.1, 0.15) is 39.0 Å². The largest absolute Gasteiger partial charge is 0.392 e. The molecule has 0 aromatic rings. The normalized spacial score (nSPS) is 40.3. The average Bonchev–Trinajstić information content (AvgIpc) is 2.88. The molecule has 0 bridgehead atoms. The third-order valence-electron chi connectivity index (χ3n) is 4.09. The first-order valence-corrected chi connectivity index (χ1v) is 6.07. The van der Waals surface area contributed by atoms with E-state index in [2.05, 4.69) is 6.92 Å². The van der Waals surface area contributed by atoms with Gasteiger partial charge in [0.25, 0.3) is 0 Å². The molecule has 2 rings (SSSR count). The van der Waals surface area contributed by atoms with Crippen molar-refractivity contribution in [1.29, 1.82) is 0 Å². The number of hydrogen-bond donors (Lipinski definition) is 1. The molecule has 1 aliphatic heterocycles. The Hall–Kier alpha value is -0.0800. The Morgan fingerprint density at radius 1 is 1.29 bits per heavy atom. The summed E-state index contributed by atoms with van der Waals surface area (Å²) in [6.45, 7) is 3.90. The molecule has 14 heavy (non-hydrogen) atoms. The zero-order chi connectivity index (χ0) is 9.97. The van der Waals surface area contributed by atoms with Crippen LogP contribution in [0, 0.1) is 17.8 Å². The van der Waals surface area contributed by atoms with Gasteiger partial charge in [-0.25, -0.2) is 0 Å². The molecule has 0 aromatic heterocycles. The molecule has 0 radical (unpaired) electrons. The fraction of sp³-hybridized carbons (Fsp3) is 1.00. The standard InChI is InChI=1S/C12H22O2/c1-2-9-3-4-10(7-9)12(13)11-5-6-14-8-11/h9-13H,2-8H2,1H3. The zero-order valence-electron chi connectivity index (χ0n) is 9.11. The minimum absolute atomic E-state index is 0.0888. The van der Waals surface area contributed by atoms with E-state index in [9.17, 15) is 5.11 Å². The summed E-state index contributed by atoms with van der Waals surface area (Å²) in [5.74, 6) is 1.86. The highest BCUT2D eigenvalue weighted by molar-refractivity contribution is 4.85. The van der Waals surface area contributed by atoms with Crippen LogP contribution in [0.25, 0.3) is 0 Å². The van der Waals surface area contributed by atoms with Gasteiger partial charge >= 0.3 is 0 Å². The van der Waals surface area contributed by atoms with Crippen LogP contribution in [0.5, 0.6) is 0 Å². The van der Waals surface area contributed by atoms with Crippen molar-refractivity contribution in [2.75, 3.05) is 13.2 Å². The zero-order valence-corrected chi connectivity index (χ0v) is 9.11. The first-order valence-electron chi connectivity index (χ1n) is 6.07. The van der Waals surface area contributed by atoms with Gasteiger partial charge in [-0.2, -0.15) is 0 Å². The molecule has 1 saturated heterocycles. The SMILES string of the molecule is CCC1CCC(C(O)C2CCOC2)C1. The molecule has 1 heterocycles. The van der Waals surface area contributed by atoms with E-state index in [1.54, 1.807) is 0 Å². The van der Waals surface area contributed by atoms with Crippen LogP contribution in [-0.4, -0.2) is 24.4 Å². The predicted octanol–water partition coefficient (Wildman–Crippen LogP) is 2.21. The highest BCUT2D eigenvalue weighted by Crippen LogP contribution is 2.38. The summed E-state index contributed by atoms with van der Waals surface area (Å²) in [6, 6.07) is 0. The van der Waals surface area contributed by atoms with E-state index in [1.807, 2.05) is 0 Å². The van der Waals surface area contributed by atoms with Crippen molar-refractivity contribution in [3.05, 3.63) is 0 Å². The van der Waals surface area contributed by atoms with Crippen molar-refractivity contribution in [1.82, 2.24) is 0 Å². The summed E-state index contributed by atoms with van der Waals surface area (Å²) < 4.78 is 5.33. The van der Waals surface area contributed by atoms with E-state index in [1.165, 1.54) is 25.7 Å². The molecule has 1 saturated carbocycles. The maximum absolute atomic E-state index is 10.2. The lowest BCUT2D eigenvalue weighted by Gasteiger charge is -2.23. The summed E-state index contributed by atoms with van der Waals surface area (Å²) in [7, 11) is 0. The van der Waals surface area contributed by atoms with Gasteiger partial charge < -0.3 is 9.84 Å². The molecule has 0 amide bonds. The molecule has 82 valence electrons. The van der Waals surface area contributed by atoms with Crippen molar-refractivity contribution in [2.45, 2.75) is 45.1 Å². The predicted molar refractivity (Wildman–Crippen MR) is 56.1 cm³/mol. The molecule has 2 heteroatoms. The molecular formula is C12H22O2. The average molecular weight is 198 g/mol. The number of aliphatic hydroxyl groups excluding tert-OH is 1. The Morgan fingerprint density at radius 3 is 2.71 bits per heavy atom. The Kier molecular flexibility index (Phi) is 3.45. The van der Waals surface area contributed by atoms with Crippen molar-refractivity contribution in [3.8, 4) is 0 Å². The lowest BCUT2D eigenvalue weighted by Crippen LogP contribution is -2.28. The monoisotopic (exact) mass is 198 g/mol. The fourth-order valence-electron chi connectivity index (χ4n) is 3.00. The molecular weight excluding hydrogens is 176 g/mol. The van der Waals surface area contributed by atoms with E-state index < -0.39 is 0 Å². The molecule has 4 unspecified atom stereocenters. The highest BCUT2D eigenvalue weighted by Gasteiger charge is 2.34. The van der Waals surface area contributed by atoms with Crippen LogP contribution in [0.15, 0.2) is 0 Å². The summed E-state index contributed by atoms with van der Waals surface area (Å²) in [6.07, 6.45) is 6.06. The molecule has 2 nitrogen and oxygen atoms in total. The number of aliphatic hydroxyl groups is 1. The second-order valence-corrected chi connectivity index (χ2v) is 4.96. The van der Waals surface area contributed by atoms with E-state index >= 15 is 0 Å². The van der Waals surface area contributed by atoms with Crippen LogP contribution in [-0.2, 0) is 4.74 Å². The summed E-state index contributed by atoms with van der Waals surface area (Å²) >= 11 is 0. The molecule has 0 aromatic carbocycles. The Balaban J connectivity index is 1.83. The van der Waals surface area contributed by atoms with Gasteiger partial charge in [-0.15, -0.1) is 0 Å². The van der Waals surface area contributed by atoms with Crippen LogP contribution < -0.4 is 0 Å². The Labute approximate surface area is 86.6 Å². The highest BCUT2D eigenvalue weighted by atomic mass is 16.5. The van der Waals surface area contributed by atoms with E-state index in [4.69, 9.17) is 4.74 Å². The van der Waals surface area contributed by atoms with Gasteiger partial charge in [-0.3, -0.25) is 0 Å². The molecule has 2 aliphatic rings. The Bertz CT molecular complexity index is 175. The number of ether oxygens (including phenoxy) is 1. The van der Waals surface area contributed by atoms with Gasteiger partial charge in [0.05, 0.1) is 12.7 Å². The van der Waals surface area contributed by atoms with Gasteiger partial charge in [-0.05, 0) is 31.1 Å². The maximum atomic E-state index is 10.2. The first-order chi connectivity index (χ1) is 6.81. The first kappa shape index (κ1) is 10.4. The van der Waals surface area contributed by atoms with Gasteiger partial charge in [0.1, 0.15) is 0 Å². The smallest absolute Gasteiger partial charge is 0.0619 e. The maximum Gasteiger partial charge on any atom is 0.0619 e. The third kappa shape index (κ3) is 2.12. The van der Waals surface area contributed by atoms with Crippen molar-refractivity contribution in [2.24, 2.45) is 17.8 Å². The van der Waals surface area contributed by atoms with E-state index in [-0.39, 0.29) is 6.10 Å². The van der Waals surface area contributed by atoms with Gasteiger partial charge in [0.2, 0.25) is 0 Å². The topological polar surface area (TPSA) is 29.5 Å². The van der Waals surface area contributed by atoms with Gasteiger partial charge in [0.15, 0.2) is 0 Å². The quantitative estimate of drug-likeness (QED) is 0.753. The molecule has 1 N–H and O–H groups in total. The fourth-order valence-corrected chi connectivity index (χ4v) is 3.00. The molecule has 1 aliphatic carbocycles. The second-order valence-electron chi connectivity index (χ2n) is 4.96. The third-order valence-corrected chi connectivity index (χ3v) is 4.09. The van der Waals surface area contributed by atoms with Crippen molar-refractivity contribution in [3.63, 3.8) is 0 Å². The lowest BCUT2D eigenvalue weighted by molar-refractivity contribution is 0.0437. The van der Waals surface area contributed by atoms with Crippen LogP contribution in [0.2, 0.25) is 0 Å². The summed E-state index contributed by atoms with van der Waals surface area (Å²) in [4.78, 5) is 0.